The van der Waals surface area contributed by atoms with Crippen molar-refractivity contribution in [3.8, 4) is 11.3 Å². The van der Waals surface area contributed by atoms with E-state index < -0.39 is 0 Å². The number of hydrogen-bond acceptors (Lipinski definition) is 5. The summed E-state index contributed by atoms with van der Waals surface area (Å²) in [5.41, 5.74) is 3.94. The lowest BCUT2D eigenvalue weighted by Crippen LogP contribution is -2.21. The quantitative estimate of drug-likeness (QED) is 0.551. The van der Waals surface area contributed by atoms with Crippen molar-refractivity contribution in [2.75, 3.05) is 5.32 Å². The summed E-state index contributed by atoms with van der Waals surface area (Å²) in [4.78, 5) is 4.63. The summed E-state index contributed by atoms with van der Waals surface area (Å²) in [5, 5.41) is 23.6. The maximum atomic E-state index is 9.92. The van der Waals surface area contributed by atoms with Gasteiger partial charge in [0.1, 0.15) is 11.5 Å². The Morgan fingerprint density at radius 3 is 2.59 bits per heavy atom. The van der Waals surface area contributed by atoms with E-state index in [-0.39, 0.29) is 12.1 Å². The first kappa shape index (κ1) is 17.9. The van der Waals surface area contributed by atoms with E-state index in [0.717, 1.165) is 59.3 Å². The lowest BCUT2D eigenvalue weighted by molar-refractivity contribution is 0.109. The summed E-state index contributed by atoms with van der Waals surface area (Å²) in [6, 6.07) is 12.4. The number of aromatic nitrogens is 5. The molecule has 0 spiro atoms. The summed E-state index contributed by atoms with van der Waals surface area (Å²) >= 11 is 0. The molecule has 7 nitrogen and oxygen atoms in total. The van der Waals surface area contributed by atoms with Crippen LogP contribution in [0.1, 0.15) is 31.7 Å². The van der Waals surface area contributed by atoms with Gasteiger partial charge in [0, 0.05) is 42.1 Å². The molecule has 2 N–H and O–H groups in total. The second-order valence-electron chi connectivity index (χ2n) is 7.74. The molecule has 0 amide bonds. The molecule has 1 aromatic carbocycles. The van der Waals surface area contributed by atoms with Gasteiger partial charge in [0.15, 0.2) is 0 Å². The number of anilines is 2. The second kappa shape index (κ2) is 7.33. The van der Waals surface area contributed by atoms with Crippen LogP contribution in [0.5, 0.6) is 0 Å². The average molecular weight is 388 g/mol. The minimum atomic E-state index is -0.192. The first-order chi connectivity index (χ1) is 14.2. The number of aryl methyl sites for hydroxylation is 1. The third-order valence-corrected chi connectivity index (χ3v) is 5.63. The van der Waals surface area contributed by atoms with Crippen molar-refractivity contribution in [2.24, 2.45) is 7.05 Å². The standard InChI is InChI=1S/C22H24N6O/c1-27-14-15(12-24-27)22-19-13-23-21(25-16-5-3-2-4-6-16)11-20(19)28(26-22)17-7-9-18(29)10-8-17/h2-6,11-14,17-18,29H,7-10H2,1H3,(H,23,25)/t17-,18-. The Balaban J connectivity index is 1.59. The van der Waals surface area contributed by atoms with E-state index in [4.69, 9.17) is 5.10 Å². The number of rotatable bonds is 4. The molecule has 1 fully saturated rings. The van der Waals surface area contributed by atoms with Crippen molar-refractivity contribution in [1.29, 1.82) is 0 Å². The van der Waals surface area contributed by atoms with Gasteiger partial charge in [0.2, 0.25) is 0 Å². The molecule has 1 aliphatic rings. The largest absolute Gasteiger partial charge is 0.393 e. The normalized spacial score (nSPS) is 19.5. The number of pyridine rings is 1. The molecule has 1 aliphatic carbocycles. The van der Waals surface area contributed by atoms with Gasteiger partial charge in [-0.1, -0.05) is 18.2 Å². The predicted molar refractivity (Wildman–Crippen MR) is 113 cm³/mol. The van der Waals surface area contributed by atoms with Crippen molar-refractivity contribution < 1.29 is 5.11 Å². The van der Waals surface area contributed by atoms with Crippen LogP contribution in [-0.2, 0) is 7.05 Å². The maximum absolute atomic E-state index is 9.92. The Morgan fingerprint density at radius 1 is 1.07 bits per heavy atom. The van der Waals surface area contributed by atoms with Gasteiger partial charge < -0.3 is 10.4 Å². The van der Waals surface area contributed by atoms with Crippen molar-refractivity contribution in [2.45, 2.75) is 37.8 Å². The van der Waals surface area contributed by atoms with E-state index in [9.17, 15) is 5.11 Å². The van der Waals surface area contributed by atoms with Crippen molar-refractivity contribution in [1.82, 2.24) is 24.5 Å². The van der Waals surface area contributed by atoms with Crippen LogP contribution in [0.25, 0.3) is 22.2 Å². The number of fused-ring (bicyclic) bond motifs is 1. The van der Waals surface area contributed by atoms with Gasteiger partial charge in [0.05, 0.1) is 23.9 Å². The highest BCUT2D eigenvalue weighted by atomic mass is 16.3. The van der Waals surface area contributed by atoms with Crippen LogP contribution >= 0.6 is 0 Å². The number of nitrogens with zero attached hydrogens (tertiary/aromatic N) is 5. The first-order valence-electron chi connectivity index (χ1n) is 10.0. The average Bonchev–Trinajstić information content (AvgIpc) is 3.33. The van der Waals surface area contributed by atoms with Crippen LogP contribution in [0.15, 0.2) is 55.0 Å². The molecule has 0 saturated heterocycles. The highest BCUT2D eigenvalue weighted by Crippen LogP contribution is 2.35. The third kappa shape index (κ3) is 3.49. The molecule has 148 valence electrons. The van der Waals surface area contributed by atoms with E-state index >= 15 is 0 Å². The Bertz CT molecular complexity index is 1120. The summed E-state index contributed by atoms with van der Waals surface area (Å²) in [7, 11) is 1.91. The van der Waals surface area contributed by atoms with Crippen LogP contribution < -0.4 is 5.32 Å². The van der Waals surface area contributed by atoms with Gasteiger partial charge in [-0.15, -0.1) is 0 Å². The van der Waals surface area contributed by atoms with Crippen LogP contribution in [0.2, 0.25) is 0 Å². The highest BCUT2D eigenvalue weighted by molar-refractivity contribution is 5.94. The van der Waals surface area contributed by atoms with Crippen molar-refractivity contribution in [3.05, 3.63) is 55.0 Å². The molecule has 29 heavy (non-hydrogen) atoms. The first-order valence-corrected chi connectivity index (χ1v) is 10.0. The molecular weight excluding hydrogens is 364 g/mol. The minimum absolute atomic E-state index is 0.192. The molecule has 0 radical (unpaired) electrons. The van der Waals surface area contributed by atoms with Crippen LogP contribution in [0, 0.1) is 0 Å². The maximum Gasteiger partial charge on any atom is 0.132 e. The molecule has 0 bridgehead atoms. The van der Waals surface area contributed by atoms with Crippen molar-refractivity contribution in [3.63, 3.8) is 0 Å². The Morgan fingerprint density at radius 2 is 1.86 bits per heavy atom. The van der Waals surface area contributed by atoms with Gasteiger partial charge in [-0.05, 0) is 37.8 Å². The third-order valence-electron chi connectivity index (χ3n) is 5.63. The molecule has 3 heterocycles. The molecule has 3 aromatic heterocycles. The van der Waals surface area contributed by atoms with Gasteiger partial charge in [-0.3, -0.25) is 9.36 Å². The zero-order valence-corrected chi connectivity index (χ0v) is 16.4. The molecule has 0 atom stereocenters. The number of aliphatic hydroxyl groups excluding tert-OH is 1. The smallest absolute Gasteiger partial charge is 0.132 e. The van der Waals surface area contributed by atoms with Crippen LogP contribution in [0.3, 0.4) is 0 Å². The lowest BCUT2D eigenvalue weighted by atomic mass is 9.93. The molecule has 4 aromatic rings. The lowest BCUT2D eigenvalue weighted by Gasteiger charge is -2.26. The van der Waals surface area contributed by atoms with E-state index in [0.29, 0.717) is 0 Å². The zero-order chi connectivity index (χ0) is 19.8. The Labute approximate surface area is 169 Å². The summed E-state index contributed by atoms with van der Waals surface area (Å²) in [6.45, 7) is 0. The van der Waals surface area contributed by atoms with Gasteiger partial charge in [0.25, 0.3) is 0 Å². The van der Waals surface area contributed by atoms with Crippen molar-refractivity contribution >= 4 is 22.4 Å². The summed E-state index contributed by atoms with van der Waals surface area (Å²) in [6.07, 6.45) is 9.00. The fraction of sp³-hybridized carbons (Fsp3) is 0.318. The zero-order valence-electron chi connectivity index (χ0n) is 16.4. The van der Waals surface area contributed by atoms with Gasteiger partial charge >= 0.3 is 0 Å². The number of aliphatic hydroxyl groups is 1. The molecule has 0 aliphatic heterocycles. The predicted octanol–water partition coefficient (Wildman–Crippen LogP) is 4.05. The molecule has 7 heteroatoms. The molecular formula is C22H24N6O. The fourth-order valence-corrected chi connectivity index (χ4v) is 4.11. The number of nitrogens with one attached hydrogen (secondary N) is 1. The highest BCUT2D eigenvalue weighted by Gasteiger charge is 2.25. The molecule has 1 saturated carbocycles. The van der Waals surface area contributed by atoms with E-state index in [2.05, 4.69) is 26.1 Å². The molecule has 0 unspecified atom stereocenters. The minimum Gasteiger partial charge on any atom is -0.393 e. The Kier molecular flexibility index (Phi) is 4.52. The molecule has 5 rings (SSSR count). The second-order valence-corrected chi connectivity index (χ2v) is 7.74. The van der Waals surface area contributed by atoms with Gasteiger partial charge in [-0.2, -0.15) is 10.2 Å². The van der Waals surface area contributed by atoms with E-state index in [1.165, 1.54) is 0 Å². The number of benzene rings is 1. The monoisotopic (exact) mass is 388 g/mol. The topological polar surface area (TPSA) is 80.8 Å². The number of hydrogen-bond donors (Lipinski definition) is 2. The van der Waals surface area contributed by atoms with Crippen LogP contribution in [0.4, 0.5) is 11.5 Å². The Hall–Kier alpha value is -3.19. The SMILES string of the molecule is Cn1cc(-c2nn([C@H]3CC[C@H](O)CC3)c3cc(Nc4ccccc4)ncc23)cn1. The summed E-state index contributed by atoms with van der Waals surface area (Å²) in [5.74, 6) is 0.790. The fourth-order valence-electron chi connectivity index (χ4n) is 4.11. The van der Waals surface area contributed by atoms with E-state index in [1.54, 1.807) is 4.68 Å². The van der Waals surface area contributed by atoms with Gasteiger partial charge in [-0.25, -0.2) is 4.98 Å². The summed E-state index contributed by atoms with van der Waals surface area (Å²) < 4.78 is 3.91. The van der Waals surface area contributed by atoms with Crippen LogP contribution in [-0.4, -0.2) is 35.8 Å². The van der Waals surface area contributed by atoms with E-state index in [1.807, 2.05) is 56.0 Å². The number of para-hydroxylation sites is 1.